The summed E-state index contributed by atoms with van der Waals surface area (Å²) in [5.74, 6) is 0. The van der Waals surface area contributed by atoms with Crippen molar-refractivity contribution in [1.82, 2.24) is 4.98 Å². The summed E-state index contributed by atoms with van der Waals surface area (Å²) in [5.41, 5.74) is 14.5. The second kappa shape index (κ2) is 11.3. The molecule has 1 atom stereocenters. The molecule has 7 aromatic carbocycles. The highest BCUT2D eigenvalue weighted by Crippen LogP contribution is 2.66. The van der Waals surface area contributed by atoms with E-state index in [0.29, 0.717) is 0 Å². The topological polar surface area (TPSA) is 12.9 Å². The highest BCUT2D eigenvalue weighted by Gasteiger charge is 2.54. The van der Waals surface area contributed by atoms with Crippen LogP contribution in [0.15, 0.2) is 164 Å². The zero-order chi connectivity index (χ0) is 35.3. The number of pyridine rings is 1. The van der Waals surface area contributed by atoms with E-state index in [1.807, 2.05) is 23.6 Å². The summed E-state index contributed by atoms with van der Waals surface area (Å²) < 4.78 is 0. The number of benzene rings is 7. The van der Waals surface area contributed by atoms with Crippen LogP contribution < -0.4 is 0 Å². The summed E-state index contributed by atoms with van der Waals surface area (Å²) in [4.78, 5) is 7.64. The molecule has 2 heterocycles. The van der Waals surface area contributed by atoms with Gasteiger partial charge in [-0.2, -0.15) is 0 Å². The maximum Gasteiger partial charge on any atom is 0.0756 e. The number of allylic oxidation sites excluding steroid dienone is 1. The molecule has 0 amide bonds. The normalized spacial score (nSPS) is 15.3. The monoisotopic (exact) mass is 691 g/mol. The van der Waals surface area contributed by atoms with Crippen molar-refractivity contribution in [3.05, 3.63) is 197 Å². The molecular formula is C51H33NS. The van der Waals surface area contributed by atoms with Gasteiger partial charge in [0.1, 0.15) is 0 Å². The molecule has 0 bridgehead atoms. The molecule has 1 spiro atoms. The average Bonchev–Trinajstić information content (AvgIpc) is 3.83. The van der Waals surface area contributed by atoms with E-state index < -0.39 is 5.41 Å². The molecule has 2 aromatic heterocycles. The molecule has 2 heteroatoms. The van der Waals surface area contributed by atoms with Crippen LogP contribution in [0.4, 0.5) is 0 Å². The van der Waals surface area contributed by atoms with E-state index in [1.165, 1.54) is 103 Å². The predicted molar refractivity (Wildman–Crippen MR) is 227 cm³/mol. The number of nitrogens with zero attached hydrogens (tertiary/aromatic N) is 1. The molecule has 0 radical (unpaired) electrons. The first-order chi connectivity index (χ1) is 26.2. The van der Waals surface area contributed by atoms with Crippen LogP contribution in [0, 0.1) is 0 Å². The number of hydrogen-bond donors (Lipinski definition) is 0. The quantitative estimate of drug-likeness (QED) is 0.167. The van der Waals surface area contributed by atoms with Crippen molar-refractivity contribution in [2.75, 3.05) is 0 Å². The van der Waals surface area contributed by atoms with Gasteiger partial charge in [0.25, 0.3) is 0 Å². The van der Waals surface area contributed by atoms with E-state index in [1.54, 1.807) is 0 Å². The molecule has 0 aliphatic heterocycles. The molecule has 0 saturated carbocycles. The third-order valence-electron chi connectivity index (χ3n) is 11.6. The average molecular weight is 692 g/mol. The van der Waals surface area contributed by atoms with E-state index in [9.17, 15) is 0 Å². The van der Waals surface area contributed by atoms with Gasteiger partial charge in [-0.1, -0.05) is 152 Å². The van der Waals surface area contributed by atoms with Crippen molar-refractivity contribution in [3.8, 4) is 44.0 Å². The number of hydrogen-bond acceptors (Lipinski definition) is 2. The molecular weight excluding hydrogens is 659 g/mol. The molecule has 0 saturated heterocycles. The van der Waals surface area contributed by atoms with Crippen LogP contribution in [0.25, 0.3) is 88.4 Å². The fraction of sp³-hybridized carbons (Fsp3) is 0.0392. The Labute approximate surface area is 312 Å². The SMILES string of the molecule is C=Cc1sc2c(c1/C=C\C)C1(c3cc(-c4c5ccccc5c(-c5ccc6ccccc6c5)c5ccccc45)ccc3-c3ncccc31)c1ccccc1-2. The van der Waals surface area contributed by atoms with Gasteiger partial charge in [0.05, 0.1) is 11.1 Å². The second-order valence-electron chi connectivity index (χ2n) is 14.1. The summed E-state index contributed by atoms with van der Waals surface area (Å²) in [6.45, 7) is 6.38. The van der Waals surface area contributed by atoms with Gasteiger partial charge in [0.15, 0.2) is 0 Å². The van der Waals surface area contributed by atoms with Gasteiger partial charge in [0.2, 0.25) is 0 Å². The Bertz CT molecular complexity index is 2990. The molecule has 1 unspecified atom stereocenters. The molecule has 9 aromatic rings. The Kier molecular flexibility index (Phi) is 6.47. The third kappa shape index (κ3) is 3.99. The standard InChI is InChI=1S/C51H33NS/c1-3-14-41-45(4-2)53-50-40-21-11-12-22-42(40)51(48(41)50)43-23-13-28-52-49(43)39-27-26-34(30-44(39)51)47-37-19-9-7-17-35(37)46(36-18-8-10-20-38(36)47)33-25-24-31-15-5-6-16-32(31)29-33/h3-30H,2H2,1H3/b14-3-. The van der Waals surface area contributed by atoms with E-state index in [-0.39, 0.29) is 0 Å². The first kappa shape index (κ1) is 30.3. The molecule has 11 rings (SSSR count). The second-order valence-corrected chi connectivity index (χ2v) is 15.2. The number of rotatable bonds is 4. The Hall–Kier alpha value is -6.35. The lowest BCUT2D eigenvalue weighted by molar-refractivity contribution is 0.791. The van der Waals surface area contributed by atoms with Crippen LogP contribution >= 0.6 is 11.3 Å². The summed E-state index contributed by atoms with van der Waals surface area (Å²) >= 11 is 1.86. The van der Waals surface area contributed by atoms with Gasteiger partial charge >= 0.3 is 0 Å². The molecule has 53 heavy (non-hydrogen) atoms. The maximum absolute atomic E-state index is 5.10. The highest BCUT2D eigenvalue weighted by atomic mass is 32.1. The van der Waals surface area contributed by atoms with Gasteiger partial charge in [-0.3, -0.25) is 4.98 Å². The smallest absolute Gasteiger partial charge is 0.0756 e. The molecule has 2 aliphatic carbocycles. The van der Waals surface area contributed by atoms with E-state index in [4.69, 9.17) is 4.98 Å². The number of aromatic nitrogens is 1. The van der Waals surface area contributed by atoms with Crippen molar-refractivity contribution in [2.45, 2.75) is 12.3 Å². The Morgan fingerprint density at radius 3 is 1.92 bits per heavy atom. The van der Waals surface area contributed by atoms with Crippen molar-refractivity contribution < 1.29 is 0 Å². The summed E-state index contributed by atoms with van der Waals surface area (Å²) in [6, 6.07) is 54.1. The number of thiophene rings is 1. The van der Waals surface area contributed by atoms with Crippen LogP contribution in [0.2, 0.25) is 0 Å². The zero-order valence-electron chi connectivity index (χ0n) is 29.2. The lowest BCUT2D eigenvalue weighted by atomic mass is 9.69. The Morgan fingerprint density at radius 1 is 0.585 bits per heavy atom. The van der Waals surface area contributed by atoms with Gasteiger partial charge in [-0.25, -0.2) is 0 Å². The molecule has 1 nitrogen and oxygen atoms in total. The van der Waals surface area contributed by atoms with Crippen molar-refractivity contribution >= 4 is 55.8 Å². The molecule has 248 valence electrons. The summed E-state index contributed by atoms with van der Waals surface area (Å²) in [6.07, 6.45) is 8.42. The maximum atomic E-state index is 5.10. The van der Waals surface area contributed by atoms with E-state index in [0.717, 1.165) is 5.69 Å². The van der Waals surface area contributed by atoms with Gasteiger partial charge in [0, 0.05) is 21.5 Å². The first-order valence-corrected chi connectivity index (χ1v) is 19.1. The van der Waals surface area contributed by atoms with Gasteiger partial charge in [-0.05, 0) is 113 Å². The van der Waals surface area contributed by atoms with Gasteiger partial charge < -0.3 is 0 Å². The van der Waals surface area contributed by atoms with Crippen molar-refractivity contribution in [2.24, 2.45) is 0 Å². The largest absolute Gasteiger partial charge is 0.256 e. The number of fused-ring (bicyclic) bond motifs is 13. The minimum absolute atomic E-state index is 0.510. The van der Waals surface area contributed by atoms with Crippen molar-refractivity contribution in [1.29, 1.82) is 0 Å². The van der Waals surface area contributed by atoms with E-state index >= 15 is 0 Å². The minimum atomic E-state index is -0.510. The Morgan fingerprint density at radius 2 is 1.21 bits per heavy atom. The summed E-state index contributed by atoms with van der Waals surface area (Å²) in [7, 11) is 0. The van der Waals surface area contributed by atoms with E-state index in [2.05, 4.69) is 171 Å². The van der Waals surface area contributed by atoms with Crippen LogP contribution in [-0.4, -0.2) is 4.98 Å². The molecule has 0 fully saturated rings. The predicted octanol–water partition coefficient (Wildman–Crippen LogP) is 14.0. The molecule has 2 aliphatic rings. The van der Waals surface area contributed by atoms with Gasteiger partial charge in [-0.15, -0.1) is 11.3 Å². The van der Waals surface area contributed by atoms with Crippen LogP contribution in [-0.2, 0) is 5.41 Å². The fourth-order valence-corrected chi connectivity index (χ4v) is 10.8. The highest BCUT2D eigenvalue weighted by molar-refractivity contribution is 7.17. The van der Waals surface area contributed by atoms with Crippen LogP contribution in [0.3, 0.4) is 0 Å². The first-order valence-electron chi connectivity index (χ1n) is 18.3. The lowest BCUT2D eigenvalue weighted by Crippen LogP contribution is -2.26. The van der Waals surface area contributed by atoms with Crippen LogP contribution in [0.1, 0.15) is 39.6 Å². The fourth-order valence-electron chi connectivity index (χ4n) is 9.59. The zero-order valence-corrected chi connectivity index (χ0v) is 30.0. The Balaban J connectivity index is 1.25. The van der Waals surface area contributed by atoms with Crippen LogP contribution in [0.5, 0.6) is 0 Å². The van der Waals surface area contributed by atoms with Crippen molar-refractivity contribution in [3.63, 3.8) is 0 Å². The minimum Gasteiger partial charge on any atom is -0.256 e. The third-order valence-corrected chi connectivity index (χ3v) is 12.8. The molecule has 0 N–H and O–H groups in total. The lowest BCUT2D eigenvalue weighted by Gasteiger charge is -2.31. The summed E-state index contributed by atoms with van der Waals surface area (Å²) in [5, 5.41) is 7.53.